The highest BCUT2D eigenvalue weighted by molar-refractivity contribution is 7.96. The molecule has 0 spiro atoms. The normalized spacial score (nSPS) is 11.9. The van der Waals surface area contributed by atoms with Crippen molar-refractivity contribution in [1.82, 2.24) is 0 Å². The van der Waals surface area contributed by atoms with Crippen molar-refractivity contribution in [2.75, 3.05) is 38.0 Å². The molecule has 0 bridgehead atoms. The Bertz CT molecular complexity index is 597. The zero-order chi connectivity index (χ0) is 16.3. The molecule has 4 heteroatoms. The number of thiol groups is 2. The van der Waals surface area contributed by atoms with E-state index in [2.05, 4.69) is 83.6 Å². The summed E-state index contributed by atoms with van der Waals surface area (Å²) in [5.74, 6) is 0. The van der Waals surface area contributed by atoms with Crippen LogP contribution >= 0.6 is 25.3 Å². The van der Waals surface area contributed by atoms with Gasteiger partial charge in [-0.25, -0.2) is 0 Å². The van der Waals surface area contributed by atoms with Crippen LogP contribution in [0.4, 0.5) is 11.4 Å². The summed E-state index contributed by atoms with van der Waals surface area (Å²) in [5, 5.41) is 0. The molecule has 2 nitrogen and oxygen atoms in total. The van der Waals surface area contributed by atoms with Gasteiger partial charge >= 0.3 is 0 Å². The Morgan fingerprint density at radius 2 is 0.864 bits per heavy atom. The minimum absolute atomic E-state index is 0.881. The Balaban J connectivity index is 2.31. The van der Waals surface area contributed by atoms with Gasteiger partial charge in [-0.2, -0.15) is 0 Å². The molecule has 0 fully saturated rings. The number of anilines is 2. The standard InChI is InChI=1S/C18H22N2S2/c1-19(2)15-9-5-13(6-10-15)17(21)18(22)14-7-11-16(12-8-14)20(3)4/h5-12,21-22H,1-4H3/b18-17-. The van der Waals surface area contributed by atoms with Crippen LogP contribution in [0.5, 0.6) is 0 Å². The molecule has 0 heterocycles. The number of hydrogen-bond acceptors (Lipinski definition) is 4. The number of benzene rings is 2. The Kier molecular flexibility index (Phi) is 5.48. The molecule has 0 aromatic heterocycles. The van der Waals surface area contributed by atoms with Gasteiger partial charge in [-0.05, 0) is 35.4 Å². The highest BCUT2D eigenvalue weighted by atomic mass is 32.1. The summed E-state index contributed by atoms with van der Waals surface area (Å²) in [6.07, 6.45) is 0. The largest absolute Gasteiger partial charge is 0.378 e. The van der Waals surface area contributed by atoms with E-state index in [1.54, 1.807) is 0 Å². The van der Waals surface area contributed by atoms with Gasteiger partial charge in [-0.1, -0.05) is 24.3 Å². The highest BCUT2D eigenvalue weighted by Gasteiger charge is 2.06. The molecule has 0 N–H and O–H groups in total. The quantitative estimate of drug-likeness (QED) is 0.629. The van der Waals surface area contributed by atoms with E-state index in [9.17, 15) is 0 Å². The summed E-state index contributed by atoms with van der Waals surface area (Å²) < 4.78 is 0. The summed E-state index contributed by atoms with van der Waals surface area (Å²) >= 11 is 9.32. The molecule has 2 rings (SSSR count). The third-order valence-electron chi connectivity index (χ3n) is 3.54. The minimum Gasteiger partial charge on any atom is -0.378 e. The van der Waals surface area contributed by atoms with Crippen LogP contribution in [-0.2, 0) is 0 Å². The second-order valence-corrected chi connectivity index (χ2v) is 6.47. The van der Waals surface area contributed by atoms with Gasteiger partial charge in [0.15, 0.2) is 0 Å². The van der Waals surface area contributed by atoms with Crippen molar-refractivity contribution >= 4 is 46.4 Å². The first-order valence-electron chi connectivity index (χ1n) is 7.08. The van der Waals surface area contributed by atoms with Crippen molar-refractivity contribution in [3.63, 3.8) is 0 Å². The van der Waals surface area contributed by atoms with E-state index in [0.29, 0.717) is 0 Å². The molecule has 0 saturated carbocycles. The van der Waals surface area contributed by atoms with Crippen LogP contribution in [0, 0.1) is 0 Å². The number of nitrogens with zero attached hydrogens (tertiary/aromatic N) is 2. The topological polar surface area (TPSA) is 6.48 Å². The fraction of sp³-hybridized carbons (Fsp3) is 0.222. The SMILES string of the molecule is CN(C)c1ccc(/C(S)=C(/S)c2ccc(N(C)C)cc2)cc1. The average Bonchev–Trinajstić information content (AvgIpc) is 2.53. The number of hydrogen-bond donors (Lipinski definition) is 2. The van der Waals surface area contributed by atoms with Crippen molar-refractivity contribution in [2.24, 2.45) is 0 Å². The predicted molar refractivity (Wildman–Crippen MR) is 106 cm³/mol. The minimum atomic E-state index is 0.881. The van der Waals surface area contributed by atoms with Gasteiger partial charge in [0.2, 0.25) is 0 Å². The second-order valence-electron chi connectivity index (χ2n) is 5.58. The first-order valence-corrected chi connectivity index (χ1v) is 7.97. The van der Waals surface area contributed by atoms with Gasteiger partial charge in [0.1, 0.15) is 0 Å². The lowest BCUT2D eigenvalue weighted by atomic mass is 10.1. The van der Waals surface area contributed by atoms with Gasteiger partial charge < -0.3 is 9.80 Å². The van der Waals surface area contributed by atoms with E-state index in [0.717, 1.165) is 20.9 Å². The van der Waals surface area contributed by atoms with Gasteiger partial charge in [0.05, 0.1) is 0 Å². The molecule has 0 saturated heterocycles. The first kappa shape index (κ1) is 16.8. The maximum absolute atomic E-state index is 4.66. The van der Waals surface area contributed by atoms with E-state index in [4.69, 9.17) is 0 Å². The van der Waals surface area contributed by atoms with Crippen molar-refractivity contribution in [1.29, 1.82) is 0 Å². The Morgan fingerprint density at radius 1 is 0.591 bits per heavy atom. The molecular formula is C18H22N2S2. The monoisotopic (exact) mass is 330 g/mol. The van der Waals surface area contributed by atoms with Crippen LogP contribution in [0.25, 0.3) is 9.81 Å². The third kappa shape index (κ3) is 3.81. The van der Waals surface area contributed by atoms with Crippen molar-refractivity contribution in [3.8, 4) is 0 Å². The lowest BCUT2D eigenvalue weighted by Crippen LogP contribution is -2.08. The molecular weight excluding hydrogens is 308 g/mol. The smallest absolute Gasteiger partial charge is 0.0361 e. The van der Waals surface area contributed by atoms with E-state index < -0.39 is 0 Å². The predicted octanol–water partition coefficient (Wildman–Crippen LogP) is 4.50. The van der Waals surface area contributed by atoms with Gasteiger partial charge in [-0.3, -0.25) is 0 Å². The molecule has 2 aromatic carbocycles. The maximum Gasteiger partial charge on any atom is 0.0361 e. The molecule has 0 amide bonds. The van der Waals surface area contributed by atoms with Crippen LogP contribution in [0.3, 0.4) is 0 Å². The molecule has 22 heavy (non-hydrogen) atoms. The Labute approximate surface area is 144 Å². The Morgan fingerprint density at radius 3 is 1.09 bits per heavy atom. The van der Waals surface area contributed by atoms with Crippen LogP contribution in [0.15, 0.2) is 48.5 Å². The van der Waals surface area contributed by atoms with E-state index >= 15 is 0 Å². The maximum atomic E-state index is 4.66. The lowest BCUT2D eigenvalue weighted by molar-refractivity contribution is 1.13. The van der Waals surface area contributed by atoms with E-state index in [1.165, 1.54) is 11.4 Å². The molecule has 0 atom stereocenters. The van der Waals surface area contributed by atoms with Gasteiger partial charge in [0, 0.05) is 49.4 Å². The van der Waals surface area contributed by atoms with Gasteiger partial charge in [-0.15, -0.1) is 25.3 Å². The van der Waals surface area contributed by atoms with Crippen molar-refractivity contribution in [3.05, 3.63) is 59.7 Å². The first-order chi connectivity index (χ1) is 10.4. The molecule has 0 aliphatic rings. The van der Waals surface area contributed by atoms with Crippen LogP contribution in [0.2, 0.25) is 0 Å². The fourth-order valence-corrected chi connectivity index (χ4v) is 2.66. The zero-order valence-electron chi connectivity index (χ0n) is 13.4. The summed E-state index contributed by atoms with van der Waals surface area (Å²) in [6, 6.07) is 16.6. The molecule has 0 aliphatic heterocycles. The van der Waals surface area contributed by atoms with E-state index in [-0.39, 0.29) is 0 Å². The summed E-state index contributed by atoms with van der Waals surface area (Å²) in [4.78, 5) is 5.91. The average molecular weight is 331 g/mol. The second kappa shape index (κ2) is 7.16. The highest BCUT2D eigenvalue weighted by Crippen LogP contribution is 2.33. The van der Waals surface area contributed by atoms with Crippen LogP contribution < -0.4 is 9.80 Å². The number of rotatable bonds is 4. The van der Waals surface area contributed by atoms with Crippen LogP contribution in [-0.4, -0.2) is 28.2 Å². The summed E-state index contributed by atoms with van der Waals surface area (Å²) in [7, 11) is 8.12. The molecule has 0 aliphatic carbocycles. The zero-order valence-corrected chi connectivity index (χ0v) is 15.2. The summed E-state index contributed by atoms with van der Waals surface area (Å²) in [5.41, 5.74) is 4.47. The fourth-order valence-electron chi connectivity index (χ4n) is 2.11. The molecule has 2 aromatic rings. The lowest BCUT2D eigenvalue weighted by Gasteiger charge is -2.14. The molecule has 0 radical (unpaired) electrons. The summed E-state index contributed by atoms with van der Waals surface area (Å²) in [6.45, 7) is 0. The molecule has 116 valence electrons. The van der Waals surface area contributed by atoms with Gasteiger partial charge in [0.25, 0.3) is 0 Å². The van der Waals surface area contributed by atoms with Crippen molar-refractivity contribution in [2.45, 2.75) is 0 Å². The molecule has 0 unspecified atom stereocenters. The Hall–Kier alpha value is -1.52. The van der Waals surface area contributed by atoms with Crippen molar-refractivity contribution < 1.29 is 0 Å². The van der Waals surface area contributed by atoms with Crippen LogP contribution in [0.1, 0.15) is 11.1 Å². The third-order valence-corrected chi connectivity index (χ3v) is 4.68. The van der Waals surface area contributed by atoms with E-state index in [1.807, 2.05) is 28.2 Å².